The van der Waals surface area contributed by atoms with Crippen LogP contribution in [0.2, 0.25) is 0 Å². The Bertz CT molecular complexity index is 282. The lowest BCUT2D eigenvalue weighted by Gasteiger charge is -2.22. The van der Waals surface area contributed by atoms with Gasteiger partial charge in [-0.1, -0.05) is 18.2 Å². The van der Waals surface area contributed by atoms with E-state index >= 15 is 0 Å². The van der Waals surface area contributed by atoms with E-state index in [1.807, 2.05) is 0 Å². The van der Waals surface area contributed by atoms with Crippen molar-refractivity contribution in [3.05, 3.63) is 30.3 Å². The van der Waals surface area contributed by atoms with Gasteiger partial charge in [-0.3, -0.25) is 4.90 Å². The van der Waals surface area contributed by atoms with Crippen molar-refractivity contribution in [2.75, 3.05) is 24.7 Å². The third-order valence-electron chi connectivity index (χ3n) is 2.86. The predicted molar refractivity (Wildman–Crippen MR) is 60.5 cm³/mol. The van der Waals surface area contributed by atoms with Gasteiger partial charge in [0, 0.05) is 24.8 Å². The molecule has 1 aliphatic heterocycles. The largest absolute Gasteiger partial charge is 0.357 e. The number of hydrogen-bond acceptors (Lipinski definition) is 2. The Hall–Kier alpha value is -1.02. The fourth-order valence-electron chi connectivity index (χ4n) is 1.88. The fraction of sp³-hybridized carbons (Fsp3) is 0.500. The van der Waals surface area contributed by atoms with Crippen LogP contribution in [0, 0.1) is 0 Å². The zero-order chi connectivity index (χ0) is 9.97. The summed E-state index contributed by atoms with van der Waals surface area (Å²) in [6.07, 6.45) is 0. The number of anilines is 1. The average molecular weight is 190 g/mol. The molecule has 0 bridgehead atoms. The van der Waals surface area contributed by atoms with Gasteiger partial charge in [0.05, 0.1) is 6.67 Å². The Morgan fingerprint density at radius 2 is 1.79 bits per heavy atom. The summed E-state index contributed by atoms with van der Waals surface area (Å²) in [5, 5.41) is 0. The lowest BCUT2D eigenvalue weighted by molar-refractivity contribution is 0.278. The van der Waals surface area contributed by atoms with E-state index in [9.17, 15) is 0 Å². The van der Waals surface area contributed by atoms with Crippen LogP contribution in [-0.2, 0) is 0 Å². The Morgan fingerprint density at radius 3 is 2.36 bits per heavy atom. The maximum atomic E-state index is 2.49. The molecule has 1 aromatic carbocycles. The van der Waals surface area contributed by atoms with Crippen molar-refractivity contribution >= 4 is 5.69 Å². The molecule has 2 rings (SSSR count). The van der Waals surface area contributed by atoms with Gasteiger partial charge < -0.3 is 4.90 Å². The highest BCUT2D eigenvalue weighted by Gasteiger charge is 2.21. The number of hydrogen-bond donors (Lipinski definition) is 0. The van der Waals surface area contributed by atoms with E-state index in [0.717, 1.165) is 13.2 Å². The summed E-state index contributed by atoms with van der Waals surface area (Å²) < 4.78 is 0. The van der Waals surface area contributed by atoms with Crippen molar-refractivity contribution in [1.82, 2.24) is 4.90 Å². The Balaban J connectivity index is 2.03. The van der Waals surface area contributed by atoms with Crippen LogP contribution in [0.4, 0.5) is 5.69 Å². The van der Waals surface area contributed by atoms with Crippen molar-refractivity contribution in [2.45, 2.75) is 19.9 Å². The molecule has 1 fully saturated rings. The van der Waals surface area contributed by atoms with Gasteiger partial charge in [-0.15, -0.1) is 0 Å². The molecule has 0 amide bonds. The summed E-state index contributed by atoms with van der Waals surface area (Å²) >= 11 is 0. The summed E-state index contributed by atoms with van der Waals surface area (Å²) in [4.78, 5) is 4.92. The molecule has 76 valence electrons. The van der Waals surface area contributed by atoms with Crippen molar-refractivity contribution < 1.29 is 0 Å². The molecule has 0 saturated carbocycles. The normalized spacial score (nSPS) is 18.1. The molecule has 0 radical (unpaired) electrons. The first-order chi connectivity index (χ1) is 6.77. The van der Waals surface area contributed by atoms with Gasteiger partial charge in [-0.25, -0.2) is 0 Å². The van der Waals surface area contributed by atoms with Crippen molar-refractivity contribution in [2.24, 2.45) is 0 Å². The van der Waals surface area contributed by atoms with Gasteiger partial charge in [0.25, 0.3) is 0 Å². The minimum Gasteiger partial charge on any atom is -0.357 e. The number of para-hydroxylation sites is 1. The van der Waals surface area contributed by atoms with Crippen LogP contribution in [0.3, 0.4) is 0 Å². The van der Waals surface area contributed by atoms with E-state index in [4.69, 9.17) is 0 Å². The summed E-state index contributed by atoms with van der Waals surface area (Å²) in [7, 11) is 0. The van der Waals surface area contributed by atoms with Crippen molar-refractivity contribution in [1.29, 1.82) is 0 Å². The summed E-state index contributed by atoms with van der Waals surface area (Å²) in [6.45, 7) is 7.93. The van der Waals surface area contributed by atoms with Crippen LogP contribution in [0.1, 0.15) is 13.8 Å². The second-order valence-corrected chi connectivity index (χ2v) is 4.15. The highest BCUT2D eigenvalue weighted by atomic mass is 15.4. The van der Waals surface area contributed by atoms with Crippen molar-refractivity contribution in [3.8, 4) is 0 Å². The second kappa shape index (κ2) is 4.01. The van der Waals surface area contributed by atoms with Gasteiger partial charge in [-0.2, -0.15) is 0 Å². The molecule has 0 spiro atoms. The van der Waals surface area contributed by atoms with Crippen molar-refractivity contribution in [3.63, 3.8) is 0 Å². The molecule has 1 heterocycles. The van der Waals surface area contributed by atoms with Gasteiger partial charge >= 0.3 is 0 Å². The maximum absolute atomic E-state index is 2.49. The fourth-order valence-corrected chi connectivity index (χ4v) is 1.88. The molecule has 14 heavy (non-hydrogen) atoms. The Labute approximate surface area is 86.1 Å². The van der Waals surface area contributed by atoms with Crippen LogP contribution in [-0.4, -0.2) is 30.7 Å². The molecule has 1 aromatic rings. The molecule has 2 nitrogen and oxygen atoms in total. The third-order valence-corrected chi connectivity index (χ3v) is 2.86. The lowest BCUT2D eigenvalue weighted by atomic mass is 10.3. The third kappa shape index (κ3) is 1.90. The smallest absolute Gasteiger partial charge is 0.0710 e. The standard InChI is InChI=1S/C12H18N2/c1-11(2)13-8-9-14(10-13)12-6-4-3-5-7-12/h3-7,11H,8-10H2,1-2H3. The minimum absolute atomic E-state index is 0.656. The number of nitrogens with zero attached hydrogens (tertiary/aromatic N) is 2. The number of benzene rings is 1. The zero-order valence-electron chi connectivity index (χ0n) is 8.98. The van der Waals surface area contributed by atoms with E-state index in [-0.39, 0.29) is 0 Å². The quantitative estimate of drug-likeness (QED) is 0.705. The van der Waals surface area contributed by atoms with E-state index in [2.05, 4.69) is 54.0 Å². The molecule has 0 aliphatic carbocycles. The first kappa shape index (κ1) is 9.53. The minimum atomic E-state index is 0.656. The topological polar surface area (TPSA) is 6.48 Å². The SMILES string of the molecule is CC(C)N1CCN(c2ccccc2)C1. The molecule has 0 atom stereocenters. The van der Waals surface area contributed by atoms with E-state index in [1.54, 1.807) is 0 Å². The maximum Gasteiger partial charge on any atom is 0.0710 e. The summed E-state index contributed by atoms with van der Waals surface area (Å²) in [5.41, 5.74) is 1.34. The Kier molecular flexibility index (Phi) is 2.73. The van der Waals surface area contributed by atoms with Crippen LogP contribution < -0.4 is 4.90 Å². The zero-order valence-corrected chi connectivity index (χ0v) is 8.98. The lowest BCUT2D eigenvalue weighted by Crippen LogP contribution is -2.30. The molecule has 0 unspecified atom stereocenters. The number of rotatable bonds is 2. The molecule has 0 aromatic heterocycles. The van der Waals surface area contributed by atoms with Crippen LogP contribution >= 0.6 is 0 Å². The highest BCUT2D eigenvalue weighted by Crippen LogP contribution is 2.18. The monoisotopic (exact) mass is 190 g/mol. The summed E-state index contributed by atoms with van der Waals surface area (Å²) in [6, 6.07) is 11.3. The van der Waals surface area contributed by atoms with Crippen LogP contribution in [0.25, 0.3) is 0 Å². The van der Waals surface area contributed by atoms with E-state index < -0.39 is 0 Å². The van der Waals surface area contributed by atoms with Crippen LogP contribution in [0.5, 0.6) is 0 Å². The van der Waals surface area contributed by atoms with Gasteiger partial charge in [0.1, 0.15) is 0 Å². The molecule has 0 N–H and O–H groups in total. The highest BCUT2D eigenvalue weighted by molar-refractivity contribution is 5.46. The molecule has 2 heteroatoms. The van der Waals surface area contributed by atoms with E-state index in [0.29, 0.717) is 6.04 Å². The molecular weight excluding hydrogens is 172 g/mol. The average Bonchev–Trinajstić information content (AvgIpc) is 2.68. The van der Waals surface area contributed by atoms with Gasteiger partial charge in [0.2, 0.25) is 0 Å². The van der Waals surface area contributed by atoms with Crippen LogP contribution in [0.15, 0.2) is 30.3 Å². The van der Waals surface area contributed by atoms with Gasteiger partial charge in [-0.05, 0) is 26.0 Å². The summed E-state index contributed by atoms with van der Waals surface area (Å²) in [5.74, 6) is 0. The first-order valence-corrected chi connectivity index (χ1v) is 5.31. The second-order valence-electron chi connectivity index (χ2n) is 4.15. The predicted octanol–water partition coefficient (Wildman–Crippen LogP) is 2.17. The van der Waals surface area contributed by atoms with E-state index in [1.165, 1.54) is 12.2 Å². The molecule has 1 saturated heterocycles. The molecule has 1 aliphatic rings. The Morgan fingerprint density at radius 1 is 1.07 bits per heavy atom. The first-order valence-electron chi connectivity index (χ1n) is 5.31. The van der Waals surface area contributed by atoms with Gasteiger partial charge in [0.15, 0.2) is 0 Å². The molecular formula is C12H18N2.